The zero-order valence-corrected chi connectivity index (χ0v) is 16.3. The second kappa shape index (κ2) is 7.59. The Morgan fingerprint density at radius 2 is 1.73 bits per heavy atom. The molecule has 2 aromatic heterocycles. The number of aromatic nitrogens is 1. The lowest BCUT2D eigenvalue weighted by Gasteiger charge is -2.09. The first-order valence-electron chi connectivity index (χ1n) is 9.28. The first-order chi connectivity index (χ1) is 14.3. The molecule has 30 heavy (non-hydrogen) atoms. The van der Waals surface area contributed by atoms with E-state index in [1.54, 1.807) is 38.2 Å². The number of carbonyl (C=O) groups excluding carboxylic acids is 1. The predicted octanol–water partition coefficient (Wildman–Crippen LogP) is 4.79. The van der Waals surface area contributed by atoms with Gasteiger partial charge in [-0.2, -0.15) is 0 Å². The highest BCUT2D eigenvalue weighted by Gasteiger charge is 2.22. The Bertz CT molecular complexity index is 1320. The van der Waals surface area contributed by atoms with E-state index >= 15 is 0 Å². The second-order valence-corrected chi connectivity index (χ2v) is 7.06. The maximum Gasteiger partial charge on any atom is 0.262 e. The minimum Gasteiger partial charge on any atom is -0.460 e. The van der Waals surface area contributed by atoms with Gasteiger partial charge in [-0.15, -0.1) is 0 Å². The zero-order valence-electron chi connectivity index (χ0n) is 16.3. The number of hydrogen-bond acceptors (Lipinski definition) is 3. The molecule has 1 amide bonds. The van der Waals surface area contributed by atoms with E-state index in [-0.39, 0.29) is 23.3 Å². The SMILES string of the molecule is Cc1cc(F)ccc1NC(=O)c1c(C)oc2ccn(Cc3ccc(F)cc3)c(=O)c12. The summed E-state index contributed by atoms with van der Waals surface area (Å²) in [4.78, 5) is 26.1. The number of hydrogen-bond donors (Lipinski definition) is 1. The molecular formula is C23H18F2N2O3. The number of benzene rings is 2. The molecule has 0 atom stereocenters. The van der Waals surface area contributed by atoms with Gasteiger partial charge in [0.05, 0.1) is 17.5 Å². The first-order valence-corrected chi connectivity index (χ1v) is 9.28. The standard InChI is InChI=1S/C23H18F2N2O3/c1-13-11-17(25)7-8-18(13)26-22(28)20-14(2)30-19-9-10-27(23(29)21(19)20)12-15-3-5-16(24)6-4-15/h3-11H,12H2,1-2H3,(H,26,28). The van der Waals surface area contributed by atoms with Crippen LogP contribution in [-0.4, -0.2) is 10.5 Å². The summed E-state index contributed by atoms with van der Waals surface area (Å²) in [5, 5.41) is 2.88. The number of nitrogens with one attached hydrogen (secondary N) is 1. The fourth-order valence-electron chi connectivity index (χ4n) is 3.40. The van der Waals surface area contributed by atoms with Crippen molar-refractivity contribution in [1.82, 2.24) is 4.57 Å². The summed E-state index contributed by atoms with van der Waals surface area (Å²) >= 11 is 0. The van der Waals surface area contributed by atoms with Crippen molar-refractivity contribution in [3.8, 4) is 0 Å². The minimum absolute atomic E-state index is 0.132. The van der Waals surface area contributed by atoms with E-state index in [0.29, 0.717) is 22.6 Å². The Balaban J connectivity index is 1.74. The highest BCUT2D eigenvalue weighted by molar-refractivity contribution is 6.13. The van der Waals surface area contributed by atoms with E-state index < -0.39 is 17.3 Å². The molecule has 0 spiro atoms. The number of nitrogens with zero attached hydrogens (tertiary/aromatic N) is 1. The topological polar surface area (TPSA) is 64.2 Å². The highest BCUT2D eigenvalue weighted by Crippen LogP contribution is 2.25. The van der Waals surface area contributed by atoms with E-state index in [2.05, 4.69) is 5.32 Å². The van der Waals surface area contributed by atoms with Crippen LogP contribution in [0.25, 0.3) is 11.0 Å². The van der Waals surface area contributed by atoms with Gasteiger partial charge in [0.1, 0.15) is 23.0 Å². The summed E-state index contributed by atoms with van der Waals surface area (Å²) < 4.78 is 33.5. The van der Waals surface area contributed by atoms with Crippen molar-refractivity contribution in [2.75, 3.05) is 5.32 Å². The van der Waals surface area contributed by atoms with Crippen molar-refractivity contribution in [3.63, 3.8) is 0 Å². The van der Waals surface area contributed by atoms with E-state index in [1.807, 2.05) is 0 Å². The van der Waals surface area contributed by atoms with Crippen molar-refractivity contribution in [2.24, 2.45) is 0 Å². The molecule has 4 rings (SSSR count). The van der Waals surface area contributed by atoms with Crippen molar-refractivity contribution >= 4 is 22.6 Å². The molecule has 4 aromatic rings. The van der Waals surface area contributed by atoms with Crippen LogP contribution in [0.15, 0.2) is 63.9 Å². The van der Waals surface area contributed by atoms with Gasteiger partial charge < -0.3 is 14.3 Å². The third-order valence-corrected chi connectivity index (χ3v) is 4.92. The van der Waals surface area contributed by atoms with Gasteiger partial charge in [-0.1, -0.05) is 12.1 Å². The average molecular weight is 408 g/mol. The Morgan fingerprint density at radius 3 is 2.43 bits per heavy atom. The van der Waals surface area contributed by atoms with Gasteiger partial charge in [0.25, 0.3) is 11.5 Å². The van der Waals surface area contributed by atoms with Crippen LogP contribution in [0.5, 0.6) is 0 Å². The Hall–Kier alpha value is -3.74. The number of fused-ring (bicyclic) bond motifs is 1. The molecule has 2 aromatic carbocycles. The number of amides is 1. The average Bonchev–Trinajstić information content (AvgIpc) is 3.05. The fraction of sp³-hybridized carbons (Fsp3) is 0.130. The quantitative estimate of drug-likeness (QED) is 0.528. The Morgan fingerprint density at radius 1 is 1.03 bits per heavy atom. The molecule has 0 bridgehead atoms. The first kappa shape index (κ1) is 19.6. The largest absolute Gasteiger partial charge is 0.460 e. The molecule has 0 saturated carbocycles. The smallest absolute Gasteiger partial charge is 0.262 e. The molecule has 7 heteroatoms. The van der Waals surface area contributed by atoms with Crippen LogP contribution in [-0.2, 0) is 6.54 Å². The number of pyridine rings is 1. The minimum atomic E-state index is -0.516. The van der Waals surface area contributed by atoms with Crippen molar-refractivity contribution in [3.05, 3.63) is 99.2 Å². The van der Waals surface area contributed by atoms with Crippen LogP contribution in [0, 0.1) is 25.5 Å². The fourth-order valence-corrected chi connectivity index (χ4v) is 3.40. The maximum atomic E-state index is 13.3. The number of furan rings is 1. The van der Waals surface area contributed by atoms with Crippen molar-refractivity contribution in [1.29, 1.82) is 0 Å². The monoisotopic (exact) mass is 408 g/mol. The predicted molar refractivity (Wildman–Crippen MR) is 110 cm³/mol. The Kier molecular flexibility index (Phi) is 4.95. The molecule has 0 radical (unpaired) electrons. The van der Waals surface area contributed by atoms with Crippen LogP contribution < -0.4 is 10.9 Å². The molecule has 152 valence electrons. The summed E-state index contributed by atoms with van der Waals surface area (Å²) in [6, 6.07) is 11.5. The normalized spacial score (nSPS) is 11.1. The second-order valence-electron chi connectivity index (χ2n) is 7.06. The molecule has 0 aliphatic heterocycles. The number of halogens is 2. The van der Waals surface area contributed by atoms with Crippen LogP contribution in [0.3, 0.4) is 0 Å². The number of aryl methyl sites for hydroxylation is 2. The molecule has 0 aliphatic carbocycles. The van der Waals surface area contributed by atoms with E-state index in [1.165, 1.54) is 34.9 Å². The van der Waals surface area contributed by atoms with Gasteiger partial charge in [0.15, 0.2) is 0 Å². The van der Waals surface area contributed by atoms with Crippen molar-refractivity contribution in [2.45, 2.75) is 20.4 Å². The molecular weight excluding hydrogens is 390 g/mol. The van der Waals surface area contributed by atoms with Crippen molar-refractivity contribution < 1.29 is 18.0 Å². The van der Waals surface area contributed by atoms with Gasteiger partial charge in [0.2, 0.25) is 0 Å². The molecule has 2 heterocycles. The molecule has 0 saturated heterocycles. The molecule has 1 N–H and O–H groups in total. The van der Waals surface area contributed by atoms with Crippen LogP contribution in [0.1, 0.15) is 27.2 Å². The molecule has 0 fully saturated rings. The van der Waals surface area contributed by atoms with Crippen LogP contribution in [0.2, 0.25) is 0 Å². The number of anilines is 1. The lowest BCUT2D eigenvalue weighted by Crippen LogP contribution is -2.22. The molecule has 0 unspecified atom stereocenters. The molecule has 0 aliphatic rings. The van der Waals surface area contributed by atoms with Gasteiger partial charge in [-0.3, -0.25) is 9.59 Å². The number of rotatable bonds is 4. The van der Waals surface area contributed by atoms with Crippen LogP contribution >= 0.6 is 0 Å². The number of carbonyl (C=O) groups is 1. The van der Waals surface area contributed by atoms with E-state index in [9.17, 15) is 18.4 Å². The van der Waals surface area contributed by atoms with E-state index in [0.717, 1.165) is 5.56 Å². The highest BCUT2D eigenvalue weighted by atomic mass is 19.1. The maximum absolute atomic E-state index is 13.3. The third kappa shape index (κ3) is 3.61. The third-order valence-electron chi connectivity index (χ3n) is 4.92. The summed E-state index contributed by atoms with van der Waals surface area (Å²) in [5.41, 5.74) is 1.78. The Labute approximate surface area is 170 Å². The van der Waals surface area contributed by atoms with Gasteiger partial charge >= 0.3 is 0 Å². The lowest BCUT2D eigenvalue weighted by atomic mass is 10.1. The molecule has 5 nitrogen and oxygen atoms in total. The van der Waals surface area contributed by atoms with E-state index in [4.69, 9.17) is 4.42 Å². The summed E-state index contributed by atoms with van der Waals surface area (Å²) in [6.45, 7) is 3.50. The van der Waals surface area contributed by atoms with Gasteiger partial charge in [-0.25, -0.2) is 8.78 Å². The zero-order chi connectivity index (χ0) is 21.4. The van der Waals surface area contributed by atoms with Gasteiger partial charge in [0, 0.05) is 11.9 Å². The lowest BCUT2D eigenvalue weighted by molar-refractivity contribution is 0.102. The summed E-state index contributed by atoms with van der Waals surface area (Å²) in [6.07, 6.45) is 1.57. The van der Waals surface area contributed by atoms with Crippen LogP contribution in [0.4, 0.5) is 14.5 Å². The van der Waals surface area contributed by atoms with Gasteiger partial charge in [-0.05, 0) is 61.4 Å². The summed E-state index contributed by atoms with van der Waals surface area (Å²) in [7, 11) is 0. The summed E-state index contributed by atoms with van der Waals surface area (Å²) in [5.74, 6) is -0.974.